The molecular formula is C20H26N4O2. The summed E-state index contributed by atoms with van der Waals surface area (Å²) in [5.74, 6) is -0.467. The van der Waals surface area contributed by atoms with Crippen LogP contribution in [-0.2, 0) is 0 Å². The Bertz CT molecular complexity index is 760. The summed E-state index contributed by atoms with van der Waals surface area (Å²) in [5, 5.41) is 5.78. The molecule has 0 saturated carbocycles. The molecule has 0 aliphatic carbocycles. The lowest BCUT2D eigenvalue weighted by Crippen LogP contribution is -2.36. The highest BCUT2D eigenvalue weighted by Gasteiger charge is 2.16. The molecular weight excluding hydrogens is 328 g/mol. The van der Waals surface area contributed by atoms with Crippen molar-refractivity contribution in [3.05, 3.63) is 59.4 Å². The lowest BCUT2D eigenvalue weighted by Gasteiger charge is -2.21. The van der Waals surface area contributed by atoms with E-state index in [2.05, 4.69) is 34.4 Å². The molecule has 2 N–H and O–H groups in total. The highest BCUT2D eigenvalue weighted by molar-refractivity contribution is 6.09. The second kappa shape index (κ2) is 9.10. The van der Waals surface area contributed by atoms with Gasteiger partial charge in [0, 0.05) is 37.1 Å². The number of likely N-dealkylation sites (N-methyl/N-ethyl adjacent to an activating group) is 1. The molecule has 2 amide bonds. The van der Waals surface area contributed by atoms with Gasteiger partial charge in [-0.3, -0.25) is 14.6 Å². The molecule has 0 radical (unpaired) electrons. The summed E-state index contributed by atoms with van der Waals surface area (Å²) in [6.07, 6.45) is 3.12. The molecule has 1 heterocycles. The summed E-state index contributed by atoms with van der Waals surface area (Å²) in [5.41, 5.74) is 2.32. The van der Waals surface area contributed by atoms with Crippen LogP contribution in [0.4, 0.5) is 5.69 Å². The molecule has 26 heavy (non-hydrogen) atoms. The van der Waals surface area contributed by atoms with E-state index in [0.29, 0.717) is 29.4 Å². The zero-order chi connectivity index (χ0) is 19.1. The van der Waals surface area contributed by atoms with Crippen molar-refractivity contribution in [2.75, 3.05) is 25.5 Å². The minimum absolute atomic E-state index is 0.198. The maximum Gasteiger partial charge on any atom is 0.255 e. The number of benzene rings is 1. The summed E-state index contributed by atoms with van der Waals surface area (Å²) in [7, 11) is 2.02. The number of aromatic nitrogens is 1. The smallest absolute Gasteiger partial charge is 0.255 e. The van der Waals surface area contributed by atoms with Crippen molar-refractivity contribution in [3.63, 3.8) is 0 Å². The van der Waals surface area contributed by atoms with Gasteiger partial charge in [-0.1, -0.05) is 12.1 Å². The lowest BCUT2D eigenvalue weighted by molar-refractivity contribution is 0.0949. The van der Waals surface area contributed by atoms with Gasteiger partial charge in [-0.25, -0.2) is 0 Å². The third kappa shape index (κ3) is 5.13. The molecule has 138 valence electrons. The summed E-state index contributed by atoms with van der Waals surface area (Å²) in [6.45, 7) is 7.38. The number of anilines is 1. The Morgan fingerprint density at radius 2 is 1.81 bits per heavy atom. The van der Waals surface area contributed by atoms with Gasteiger partial charge in [0.1, 0.15) is 0 Å². The van der Waals surface area contributed by atoms with E-state index in [-0.39, 0.29) is 11.8 Å². The zero-order valence-electron chi connectivity index (χ0n) is 15.7. The molecule has 6 nitrogen and oxygen atoms in total. The average molecular weight is 354 g/mol. The topological polar surface area (TPSA) is 74.3 Å². The van der Waals surface area contributed by atoms with Gasteiger partial charge in [0.25, 0.3) is 11.8 Å². The molecule has 0 fully saturated rings. The number of para-hydroxylation sites is 1. The average Bonchev–Trinajstić information content (AvgIpc) is 2.63. The molecule has 0 atom stereocenters. The summed E-state index contributed by atoms with van der Waals surface area (Å²) in [4.78, 5) is 31.1. The van der Waals surface area contributed by atoms with Crippen LogP contribution in [0.2, 0.25) is 0 Å². The molecule has 0 bridgehead atoms. The van der Waals surface area contributed by atoms with Gasteiger partial charge in [0.05, 0.1) is 11.3 Å². The van der Waals surface area contributed by atoms with E-state index in [0.717, 1.165) is 12.1 Å². The number of nitrogens with zero attached hydrogens (tertiary/aromatic N) is 2. The fourth-order valence-corrected chi connectivity index (χ4v) is 2.41. The van der Waals surface area contributed by atoms with Crippen molar-refractivity contribution in [2.45, 2.75) is 26.8 Å². The van der Waals surface area contributed by atoms with Crippen molar-refractivity contribution < 1.29 is 9.59 Å². The van der Waals surface area contributed by atoms with Crippen LogP contribution >= 0.6 is 0 Å². The van der Waals surface area contributed by atoms with Crippen LogP contribution in [0.25, 0.3) is 0 Å². The fraction of sp³-hybridized carbons (Fsp3) is 0.350. The SMILES string of the molecule is Cc1cccc(C(=O)NCCN(C)C(C)C)c1NC(=O)c1ccncc1. The summed E-state index contributed by atoms with van der Waals surface area (Å²) < 4.78 is 0. The third-order valence-corrected chi connectivity index (χ3v) is 4.33. The van der Waals surface area contributed by atoms with Gasteiger partial charge >= 0.3 is 0 Å². The fourth-order valence-electron chi connectivity index (χ4n) is 2.41. The molecule has 0 spiro atoms. The Balaban J connectivity index is 2.11. The predicted octanol–water partition coefficient (Wildman–Crippen LogP) is 2.71. The number of pyridine rings is 1. The Labute approximate surface area is 154 Å². The number of rotatable bonds is 7. The number of carbonyl (C=O) groups excluding carboxylic acids is 2. The molecule has 1 aromatic heterocycles. The van der Waals surface area contributed by atoms with Crippen LogP contribution in [0.15, 0.2) is 42.7 Å². The van der Waals surface area contributed by atoms with Crippen LogP contribution in [0.3, 0.4) is 0 Å². The number of aryl methyl sites for hydroxylation is 1. The summed E-state index contributed by atoms with van der Waals surface area (Å²) >= 11 is 0. The molecule has 6 heteroatoms. The predicted molar refractivity (Wildman–Crippen MR) is 103 cm³/mol. The molecule has 2 aromatic rings. The monoisotopic (exact) mass is 354 g/mol. The zero-order valence-corrected chi connectivity index (χ0v) is 15.7. The number of amides is 2. The third-order valence-electron chi connectivity index (χ3n) is 4.33. The van der Waals surface area contributed by atoms with Crippen molar-refractivity contribution in [3.8, 4) is 0 Å². The van der Waals surface area contributed by atoms with E-state index in [9.17, 15) is 9.59 Å². The molecule has 0 aliphatic heterocycles. The van der Waals surface area contributed by atoms with Gasteiger partial charge in [-0.2, -0.15) is 0 Å². The van der Waals surface area contributed by atoms with E-state index in [1.807, 2.05) is 26.1 Å². The van der Waals surface area contributed by atoms with Crippen molar-refractivity contribution >= 4 is 17.5 Å². The number of carbonyl (C=O) groups is 2. The van der Waals surface area contributed by atoms with E-state index in [4.69, 9.17) is 0 Å². The van der Waals surface area contributed by atoms with Gasteiger partial charge in [-0.15, -0.1) is 0 Å². The van der Waals surface area contributed by atoms with Gasteiger partial charge < -0.3 is 15.5 Å². The Morgan fingerprint density at radius 3 is 2.46 bits per heavy atom. The van der Waals surface area contributed by atoms with Crippen LogP contribution < -0.4 is 10.6 Å². The quantitative estimate of drug-likeness (QED) is 0.802. The van der Waals surface area contributed by atoms with Gasteiger partial charge in [0.15, 0.2) is 0 Å². The highest BCUT2D eigenvalue weighted by Crippen LogP contribution is 2.21. The van der Waals surface area contributed by atoms with Crippen LogP contribution in [0.1, 0.15) is 40.1 Å². The van der Waals surface area contributed by atoms with E-state index in [1.165, 1.54) is 0 Å². The maximum absolute atomic E-state index is 12.6. The first-order valence-corrected chi connectivity index (χ1v) is 8.69. The van der Waals surface area contributed by atoms with Crippen molar-refractivity contribution in [1.29, 1.82) is 0 Å². The number of hydrogen-bond donors (Lipinski definition) is 2. The largest absolute Gasteiger partial charge is 0.351 e. The Morgan fingerprint density at radius 1 is 1.12 bits per heavy atom. The Kier molecular flexibility index (Phi) is 6.86. The van der Waals surface area contributed by atoms with Crippen LogP contribution in [0.5, 0.6) is 0 Å². The first kappa shape index (κ1) is 19.6. The van der Waals surface area contributed by atoms with Crippen molar-refractivity contribution in [1.82, 2.24) is 15.2 Å². The van der Waals surface area contributed by atoms with Gasteiger partial charge in [-0.05, 0) is 51.6 Å². The lowest BCUT2D eigenvalue weighted by atomic mass is 10.1. The van der Waals surface area contributed by atoms with Gasteiger partial charge in [0.2, 0.25) is 0 Å². The second-order valence-corrected chi connectivity index (χ2v) is 6.52. The van der Waals surface area contributed by atoms with E-state index >= 15 is 0 Å². The normalized spacial score (nSPS) is 10.8. The van der Waals surface area contributed by atoms with E-state index < -0.39 is 0 Å². The van der Waals surface area contributed by atoms with Crippen LogP contribution in [-0.4, -0.2) is 47.9 Å². The minimum atomic E-state index is -0.268. The van der Waals surface area contributed by atoms with Crippen LogP contribution in [0, 0.1) is 6.92 Å². The number of hydrogen-bond acceptors (Lipinski definition) is 4. The van der Waals surface area contributed by atoms with Crippen molar-refractivity contribution in [2.24, 2.45) is 0 Å². The molecule has 0 saturated heterocycles. The standard InChI is InChI=1S/C20H26N4O2/c1-14(2)24(4)13-12-22-20(26)17-7-5-6-15(3)18(17)23-19(25)16-8-10-21-11-9-16/h5-11,14H,12-13H2,1-4H3,(H,22,26)(H,23,25). The Hall–Kier alpha value is -2.73. The number of nitrogens with one attached hydrogen (secondary N) is 2. The second-order valence-electron chi connectivity index (χ2n) is 6.52. The molecule has 1 aromatic carbocycles. The highest BCUT2D eigenvalue weighted by atomic mass is 16.2. The molecule has 0 unspecified atom stereocenters. The maximum atomic E-state index is 12.6. The molecule has 0 aliphatic rings. The summed E-state index contributed by atoms with van der Waals surface area (Å²) in [6, 6.07) is 9.08. The van der Waals surface area contributed by atoms with E-state index in [1.54, 1.807) is 30.6 Å². The first-order chi connectivity index (χ1) is 12.4. The molecule has 2 rings (SSSR count). The first-order valence-electron chi connectivity index (χ1n) is 8.69. The minimum Gasteiger partial charge on any atom is -0.351 e.